The molecule has 1 N–H and O–H groups in total. The second kappa shape index (κ2) is 7.07. The standard InChI is InChI=1S/C20H17ClN4O2S/c21-14-2-1-3-17-18(14)24-20(28-17)27-13-6-8-25(9-7-13)19(26)12-4-5-15-16(10-12)23-11-22-15/h1-5,10-11,13H,6-9H2,(H,22,23). The fourth-order valence-corrected chi connectivity index (χ4v) is 4.70. The molecule has 2 aromatic heterocycles. The van der Waals surface area contributed by atoms with Crippen LogP contribution in [-0.4, -0.2) is 45.0 Å². The number of halogens is 1. The first kappa shape index (κ1) is 17.5. The van der Waals surface area contributed by atoms with Gasteiger partial charge in [-0.2, -0.15) is 0 Å². The minimum atomic E-state index is 0.0433. The third-order valence-electron chi connectivity index (χ3n) is 5.01. The smallest absolute Gasteiger partial charge is 0.274 e. The maximum atomic E-state index is 12.8. The number of para-hydroxylation sites is 1. The highest BCUT2D eigenvalue weighted by Gasteiger charge is 2.25. The molecule has 142 valence electrons. The maximum Gasteiger partial charge on any atom is 0.274 e. The minimum absolute atomic E-state index is 0.0433. The minimum Gasteiger partial charge on any atom is -0.467 e. The molecule has 3 heterocycles. The van der Waals surface area contributed by atoms with Crippen molar-refractivity contribution in [3.8, 4) is 5.19 Å². The van der Waals surface area contributed by atoms with Gasteiger partial charge in [0.1, 0.15) is 11.6 Å². The first-order valence-corrected chi connectivity index (χ1v) is 10.3. The molecule has 1 fully saturated rings. The zero-order valence-corrected chi connectivity index (χ0v) is 16.5. The fourth-order valence-electron chi connectivity index (χ4n) is 3.52. The van der Waals surface area contributed by atoms with Gasteiger partial charge in [-0.25, -0.2) is 9.97 Å². The number of aromatic nitrogens is 3. The lowest BCUT2D eigenvalue weighted by Crippen LogP contribution is -2.41. The second-order valence-corrected chi connectivity index (χ2v) is 8.21. The highest BCUT2D eigenvalue weighted by molar-refractivity contribution is 7.20. The van der Waals surface area contributed by atoms with Gasteiger partial charge in [-0.05, 0) is 30.3 Å². The van der Waals surface area contributed by atoms with Gasteiger partial charge >= 0.3 is 0 Å². The van der Waals surface area contributed by atoms with E-state index in [1.807, 2.05) is 41.3 Å². The predicted molar refractivity (Wildman–Crippen MR) is 110 cm³/mol. The Balaban J connectivity index is 1.24. The highest BCUT2D eigenvalue weighted by Crippen LogP contribution is 2.33. The van der Waals surface area contributed by atoms with Crippen LogP contribution in [0.4, 0.5) is 0 Å². The monoisotopic (exact) mass is 412 g/mol. The van der Waals surface area contributed by atoms with Crippen molar-refractivity contribution in [3.05, 3.63) is 53.3 Å². The lowest BCUT2D eigenvalue weighted by molar-refractivity contribution is 0.0595. The van der Waals surface area contributed by atoms with Gasteiger partial charge in [0, 0.05) is 31.5 Å². The van der Waals surface area contributed by atoms with Crippen LogP contribution in [0.2, 0.25) is 5.02 Å². The molecule has 0 bridgehead atoms. The van der Waals surface area contributed by atoms with E-state index < -0.39 is 0 Å². The van der Waals surface area contributed by atoms with E-state index in [-0.39, 0.29) is 12.0 Å². The van der Waals surface area contributed by atoms with E-state index in [1.165, 1.54) is 11.3 Å². The van der Waals surface area contributed by atoms with E-state index in [2.05, 4.69) is 15.0 Å². The van der Waals surface area contributed by atoms with E-state index >= 15 is 0 Å². The molecular formula is C20H17ClN4O2S. The number of amides is 1. The van der Waals surface area contributed by atoms with Crippen LogP contribution in [0.15, 0.2) is 42.7 Å². The number of piperidine rings is 1. The molecule has 1 amide bonds. The Morgan fingerprint density at radius 1 is 1.25 bits per heavy atom. The Morgan fingerprint density at radius 2 is 2.11 bits per heavy atom. The van der Waals surface area contributed by atoms with Crippen LogP contribution >= 0.6 is 22.9 Å². The van der Waals surface area contributed by atoms with Crippen LogP contribution in [-0.2, 0) is 0 Å². The number of likely N-dealkylation sites (tertiary alicyclic amines) is 1. The number of thiazole rings is 1. The van der Waals surface area contributed by atoms with Crippen molar-refractivity contribution in [2.24, 2.45) is 0 Å². The first-order valence-electron chi connectivity index (χ1n) is 9.11. The van der Waals surface area contributed by atoms with Gasteiger partial charge in [0.2, 0.25) is 0 Å². The Morgan fingerprint density at radius 3 is 2.93 bits per heavy atom. The molecule has 6 nitrogen and oxygen atoms in total. The molecule has 1 saturated heterocycles. The van der Waals surface area contributed by atoms with Gasteiger partial charge in [0.05, 0.1) is 27.1 Å². The molecule has 0 atom stereocenters. The number of imidazole rings is 1. The van der Waals surface area contributed by atoms with Gasteiger partial charge in [-0.3, -0.25) is 4.79 Å². The molecule has 1 aliphatic rings. The number of benzene rings is 2. The number of carbonyl (C=O) groups is 1. The van der Waals surface area contributed by atoms with Crippen LogP contribution in [0.3, 0.4) is 0 Å². The molecule has 0 aliphatic carbocycles. The summed E-state index contributed by atoms with van der Waals surface area (Å²) in [7, 11) is 0. The maximum absolute atomic E-state index is 12.8. The molecule has 8 heteroatoms. The van der Waals surface area contributed by atoms with Crippen LogP contribution in [0, 0.1) is 0 Å². The molecule has 2 aromatic carbocycles. The largest absolute Gasteiger partial charge is 0.467 e. The van der Waals surface area contributed by atoms with Crippen LogP contribution in [0.5, 0.6) is 5.19 Å². The average molecular weight is 413 g/mol. The lowest BCUT2D eigenvalue weighted by atomic mass is 10.1. The van der Waals surface area contributed by atoms with Gasteiger partial charge in [-0.15, -0.1) is 0 Å². The zero-order valence-electron chi connectivity index (χ0n) is 14.9. The molecule has 0 unspecified atom stereocenters. The number of nitrogens with one attached hydrogen (secondary N) is 1. The first-order chi connectivity index (χ1) is 13.7. The quantitative estimate of drug-likeness (QED) is 0.537. The normalized spacial score (nSPS) is 15.4. The van der Waals surface area contributed by atoms with Crippen molar-refractivity contribution in [1.82, 2.24) is 19.9 Å². The lowest BCUT2D eigenvalue weighted by Gasteiger charge is -2.31. The van der Waals surface area contributed by atoms with Gasteiger partial charge in [-0.1, -0.05) is 29.0 Å². The molecule has 0 spiro atoms. The number of rotatable bonds is 3. The number of aromatic amines is 1. The second-order valence-electron chi connectivity index (χ2n) is 6.81. The SMILES string of the molecule is O=C(c1ccc2nc[nH]c2c1)N1CCC(Oc2nc3c(Cl)cccc3s2)CC1. The topological polar surface area (TPSA) is 71.1 Å². The van der Waals surface area contributed by atoms with Gasteiger partial charge in [0.15, 0.2) is 0 Å². The molecule has 0 radical (unpaired) electrons. The summed E-state index contributed by atoms with van der Waals surface area (Å²) in [6, 6.07) is 11.3. The summed E-state index contributed by atoms with van der Waals surface area (Å²) in [6.45, 7) is 1.33. The Kier molecular flexibility index (Phi) is 4.41. The Bertz CT molecular complexity index is 1160. The number of ether oxygens (including phenoxy) is 1. The van der Waals surface area contributed by atoms with Crippen molar-refractivity contribution in [3.63, 3.8) is 0 Å². The summed E-state index contributed by atoms with van der Waals surface area (Å²) in [6.07, 6.45) is 3.25. The Labute approximate surface area is 170 Å². The van der Waals surface area contributed by atoms with E-state index in [0.29, 0.717) is 28.9 Å². The number of nitrogens with zero attached hydrogens (tertiary/aromatic N) is 3. The third kappa shape index (κ3) is 3.21. The van der Waals surface area contributed by atoms with Gasteiger partial charge < -0.3 is 14.6 Å². The zero-order chi connectivity index (χ0) is 19.1. The number of fused-ring (bicyclic) bond motifs is 2. The highest BCUT2D eigenvalue weighted by atomic mass is 35.5. The summed E-state index contributed by atoms with van der Waals surface area (Å²) in [5.74, 6) is 0.0433. The molecular weight excluding hydrogens is 396 g/mol. The van der Waals surface area contributed by atoms with E-state index in [9.17, 15) is 4.79 Å². The summed E-state index contributed by atoms with van der Waals surface area (Å²) in [5.41, 5.74) is 3.20. The summed E-state index contributed by atoms with van der Waals surface area (Å²) < 4.78 is 7.09. The van der Waals surface area contributed by atoms with Crippen LogP contribution in [0.25, 0.3) is 21.3 Å². The van der Waals surface area contributed by atoms with Gasteiger partial charge in [0.25, 0.3) is 11.1 Å². The van der Waals surface area contributed by atoms with Crippen molar-refractivity contribution in [1.29, 1.82) is 0 Å². The number of hydrogen-bond acceptors (Lipinski definition) is 5. The van der Waals surface area contributed by atoms with Crippen LogP contribution < -0.4 is 4.74 Å². The van der Waals surface area contributed by atoms with Crippen molar-refractivity contribution < 1.29 is 9.53 Å². The van der Waals surface area contributed by atoms with E-state index in [4.69, 9.17) is 16.3 Å². The molecule has 0 saturated carbocycles. The third-order valence-corrected chi connectivity index (χ3v) is 6.23. The summed E-state index contributed by atoms with van der Waals surface area (Å²) in [5, 5.41) is 1.27. The summed E-state index contributed by atoms with van der Waals surface area (Å²) >= 11 is 7.70. The summed E-state index contributed by atoms with van der Waals surface area (Å²) in [4.78, 5) is 26.4. The van der Waals surface area contributed by atoms with Crippen molar-refractivity contribution in [2.75, 3.05) is 13.1 Å². The number of H-pyrrole nitrogens is 1. The fraction of sp³-hybridized carbons (Fsp3) is 0.250. The predicted octanol–water partition coefficient (Wildman–Crippen LogP) is 4.51. The molecule has 5 rings (SSSR count). The van der Waals surface area contributed by atoms with Crippen LogP contribution in [0.1, 0.15) is 23.2 Å². The van der Waals surface area contributed by atoms with Crippen molar-refractivity contribution in [2.45, 2.75) is 18.9 Å². The van der Waals surface area contributed by atoms with Crippen molar-refractivity contribution >= 4 is 50.1 Å². The number of carbonyl (C=O) groups excluding carboxylic acids is 1. The van der Waals surface area contributed by atoms with E-state index in [0.717, 1.165) is 34.1 Å². The molecule has 28 heavy (non-hydrogen) atoms. The van der Waals surface area contributed by atoms with E-state index in [1.54, 1.807) is 6.33 Å². The molecule has 4 aromatic rings. The Hall–Kier alpha value is -2.64. The average Bonchev–Trinajstić information content (AvgIpc) is 3.34. The molecule has 1 aliphatic heterocycles. The number of hydrogen-bond donors (Lipinski definition) is 1.